The van der Waals surface area contributed by atoms with Crippen molar-refractivity contribution in [3.05, 3.63) is 24.0 Å². The number of rotatable bonds is 5. The molecule has 0 aliphatic carbocycles. The van der Waals surface area contributed by atoms with Crippen LogP contribution in [0.15, 0.2) is 23.2 Å². The van der Waals surface area contributed by atoms with Crippen molar-refractivity contribution in [2.45, 2.75) is 11.8 Å². The summed E-state index contributed by atoms with van der Waals surface area (Å²) in [5.41, 5.74) is 0.144. The summed E-state index contributed by atoms with van der Waals surface area (Å²) in [4.78, 5) is 15.1. The van der Waals surface area contributed by atoms with Crippen LogP contribution in [0.4, 0.5) is 0 Å². The van der Waals surface area contributed by atoms with E-state index in [4.69, 9.17) is 5.26 Å². The molecule has 1 heterocycles. The Balaban J connectivity index is 2.92. The molecule has 1 amide bonds. The van der Waals surface area contributed by atoms with E-state index in [0.29, 0.717) is 0 Å². The van der Waals surface area contributed by atoms with Gasteiger partial charge in [-0.3, -0.25) is 4.79 Å². The highest BCUT2D eigenvalue weighted by Gasteiger charge is 2.24. The number of pyridine rings is 1. The van der Waals surface area contributed by atoms with Crippen LogP contribution < -0.4 is 5.32 Å². The number of aromatic nitrogens is 1. The molecular weight excluding hydrogens is 280 g/mol. The van der Waals surface area contributed by atoms with Gasteiger partial charge in [-0.15, -0.1) is 0 Å². The molecule has 0 aliphatic heterocycles. The lowest BCUT2D eigenvalue weighted by Crippen LogP contribution is -2.37. The molecule has 0 spiro atoms. The number of nitrogens with zero attached hydrogens (tertiary/aromatic N) is 3. The number of sulfonamides is 1. The molecule has 0 aromatic carbocycles. The van der Waals surface area contributed by atoms with Crippen molar-refractivity contribution in [2.24, 2.45) is 5.92 Å². The monoisotopic (exact) mass is 296 g/mol. The molecule has 8 heteroatoms. The number of hydrogen-bond donors (Lipinski definition) is 1. The van der Waals surface area contributed by atoms with Gasteiger partial charge in [0.15, 0.2) is 0 Å². The molecule has 20 heavy (non-hydrogen) atoms. The average Bonchev–Trinajstić information content (AvgIpc) is 2.46. The zero-order valence-electron chi connectivity index (χ0n) is 11.5. The van der Waals surface area contributed by atoms with E-state index in [2.05, 4.69) is 10.3 Å². The van der Waals surface area contributed by atoms with Crippen molar-refractivity contribution in [1.82, 2.24) is 14.6 Å². The van der Waals surface area contributed by atoms with E-state index < -0.39 is 15.9 Å². The number of hydrogen-bond acceptors (Lipinski definition) is 5. The van der Waals surface area contributed by atoms with Gasteiger partial charge >= 0.3 is 0 Å². The molecule has 0 bridgehead atoms. The van der Waals surface area contributed by atoms with Crippen molar-refractivity contribution in [2.75, 3.05) is 20.6 Å². The van der Waals surface area contributed by atoms with E-state index >= 15 is 0 Å². The Morgan fingerprint density at radius 1 is 1.55 bits per heavy atom. The predicted octanol–water partition coefficient (Wildman–Crippen LogP) is -0.0441. The summed E-state index contributed by atoms with van der Waals surface area (Å²) in [5.74, 6) is -0.698. The minimum Gasteiger partial charge on any atom is -0.359 e. The van der Waals surface area contributed by atoms with Gasteiger partial charge in [0.2, 0.25) is 15.9 Å². The Labute approximate surface area is 118 Å². The van der Waals surface area contributed by atoms with Crippen LogP contribution in [0.1, 0.15) is 12.6 Å². The van der Waals surface area contributed by atoms with Gasteiger partial charge in [-0.2, -0.15) is 5.26 Å². The first-order valence-electron chi connectivity index (χ1n) is 5.87. The van der Waals surface area contributed by atoms with Crippen LogP contribution in [0.25, 0.3) is 0 Å². The van der Waals surface area contributed by atoms with Crippen molar-refractivity contribution < 1.29 is 13.2 Å². The van der Waals surface area contributed by atoms with Gasteiger partial charge in [-0.1, -0.05) is 6.92 Å². The number of carbonyl (C=O) groups excluding carboxylic acids is 1. The Morgan fingerprint density at radius 2 is 2.20 bits per heavy atom. The predicted molar refractivity (Wildman–Crippen MR) is 72.0 cm³/mol. The minimum atomic E-state index is -3.72. The quantitative estimate of drug-likeness (QED) is 0.821. The van der Waals surface area contributed by atoms with Crippen LogP contribution in [-0.2, 0) is 14.8 Å². The maximum atomic E-state index is 12.2. The van der Waals surface area contributed by atoms with Crippen LogP contribution in [0.5, 0.6) is 0 Å². The first kappa shape index (κ1) is 16.1. The summed E-state index contributed by atoms with van der Waals surface area (Å²) in [7, 11) is -0.826. The standard InChI is InChI=1S/C12H16N4O3S/c1-9(12(17)14-2)8-16(3)20(18,19)11-5-4-10(6-13)15-7-11/h4-5,7,9H,8H2,1-3H3,(H,14,17). The Morgan fingerprint density at radius 3 is 2.65 bits per heavy atom. The van der Waals surface area contributed by atoms with Gasteiger partial charge in [0, 0.05) is 32.8 Å². The smallest absolute Gasteiger partial charge is 0.244 e. The van der Waals surface area contributed by atoms with Gasteiger partial charge in [0.05, 0.1) is 0 Å². The molecule has 1 aromatic heterocycles. The highest BCUT2D eigenvalue weighted by molar-refractivity contribution is 7.89. The number of carbonyl (C=O) groups is 1. The largest absolute Gasteiger partial charge is 0.359 e. The number of nitrogens with one attached hydrogen (secondary N) is 1. The topological polar surface area (TPSA) is 103 Å². The molecule has 0 aliphatic rings. The van der Waals surface area contributed by atoms with Crippen molar-refractivity contribution in [3.8, 4) is 6.07 Å². The average molecular weight is 296 g/mol. The molecule has 0 radical (unpaired) electrons. The zero-order chi connectivity index (χ0) is 15.3. The maximum absolute atomic E-state index is 12.2. The molecule has 7 nitrogen and oxygen atoms in total. The van der Waals surface area contributed by atoms with E-state index in [1.165, 1.54) is 26.2 Å². The van der Waals surface area contributed by atoms with Crippen LogP contribution in [0.2, 0.25) is 0 Å². The van der Waals surface area contributed by atoms with Gasteiger partial charge in [-0.25, -0.2) is 17.7 Å². The molecule has 1 N–H and O–H groups in total. The van der Waals surface area contributed by atoms with E-state index in [1.807, 2.05) is 6.07 Å². The second-order valence-corrected chi connectivity index (χ2v) is 6.34. The molecule has 1 aromatic rings. The third kappa shape index (κ3) is 3.53. The summed E-state index contributed by atoms with van der Waals surface area (Å²) < 4.78 is 25.6. The SMILES string of the molecule is CNC(=O)C(C)CN(C)S(=O)(=O)c1ccc(C#N)nc1. The molecule has 0 saturated heterocycles. The Kier molecular flexibility index (Phi) is 5.19. The lowest BCUT2D eigenvalue weighted by molar-refractivity contribution is -0.124. The molecule has 0 fully saturated rings. The van der Waals surface area contributed by atoms with Crippen molar-refractivity contribution in [1.29, 1.82) is 5.26 Å². The molecule has 108 valence electrons. The summed E-state index contributed by atoms with van der Waals surface area (Å²) in [6, 6.07) is 4.47. The first-order chi connectivity index (χ1) is 9.32. The van der Waals surface area contributed by atoms with Crippen LogP contribution in [0.3, 0.4) is 0 Å². The van der Waals surface area contributed by atoms with E-state index in [-0.39, 0.29) is 23.0 Å². The molecule has 0 saturated carbocycles. The van der Waals surface area contributed by atoms with Gasteiger partial charge in [0.1, 0.15) is 16.7 Å². The molecule has 1 unspecified atom stereocenters. The van der Waals surface area contributed by atoms with Gasteiger partial charge in [0.25, 0.3) is 0 Å². The number of nitriles is 1. The lowest BCUT2D eigenvalue weighted by atomic mass is 10.2. The summed E-state index contributed by atoms with van der Waals surface area (Å²) in [6.07, 6.45) is 1.13. The highest BCUT2D eigenvalue weighted by Crippen LogP contribution is 2.14. The summed E-state index contributed by atoms with van der Waals surface area (Å²) in [5, 5.41) is 11.1. The van der Waals surface area contributed by atoms with Crippen LogP contribution >= 0.6 is 0 Å². The fourth-order valence-electron chi connectivity index (χ4n) is 1.59. The fraction of sp³-hybridized carbons (Fsp3) is 0.417. The fourth-order valence-corrected chi connectivity index (χ4v) is 2.80. The second kappa shape index (κ2) is 6.45. The maximum Gasteiger partial charge on any atom is 0.244 e. The highest BCUT2D eigenvalue weighted by atomic mass is 32.2. The molecule has 1 rings (SSSR count). The third-order valence-electron chi connectivity index (χ3n) is 2.78. The molecule has 1 atom stereocenters. The zero-order valence-corrected chi connectivity index (χ0v) is 12.3. The van der Waals surface area contributed by atoms with E-state index in [0.717, 1.165) is 10.5 Å². The van der Waals surface area contributed by atoms with E-state index in [1.54, 1.807) is 6.92 Å². The normalized spacial score (nSPS) is 12.8. The first-order valence-corrected chi connectivity index (χ1v) is 7.31. The summed E-state index contributed by atoms with van der Waals surface area (Å²) >= 11 is 0. The third-order valence-corrected chi connectivity index (χ3v) is 4.59. The molecular formula is C12H16N4O3S. The van der Waals surface area contributed by atoms with Gasteiger partial charge in [-0.05, 0) is 12.1 Å². The van der Waals surface area contributed by atoms with Crippen molar-refractivity contribution in [3.63, 3.8) is 0 Å². The Hall–Kier alpha value is -1.98. The van der Waals surface area contributed by atoms with Crippen LogP contribution in [-0.4, -0.2) is 44.3 Å². The number of amides is 1. The summed E-state index contributed by atoms with van der Waals surface area (Å²) in [6.45, 7) is 1.70. The second-order valence-electron chi connectivity index (χ2n) is 4.29. The Bertz CT molecular complexity index is 619. The van der Waals surface area contributed by atoms with E-state index in [9.17, 15) is 13.2 Å². The minimum absolute atomic E-state index is 0.0110. The lowest BCUT2D eigenvalue weighted by Gasteiger charge is -2.20. The van der Waals surface area contributed by atoms with Crippen molar-refractivity contribution >= 4 is 15.9 Å². The van der Waals surface area contributed by atoms with Crippen LogP contribution in [0, 0.1) is 17.2 Å². The van der Waals surface area contributed by atoms with Gasteiger partial charge < -0.3 is 5.32 Å².